The zero-order valence-electron chi connectivity index (χ0n) is 14.6. The highest BCUT2D eigenvalue weighted by molar-refractivity contribution is 5.87. The molecule has 3 heteroatoms. The first kappa shape index (κ1) is 16.7. The number of carboxylic acids is 1. The molecule has 0 radical (unpaired) electrons. The highest BCUT2D eigenvalue weighted by Gasteiger charge is 2.46. The summed E-state index contributed by atoms with van der Waals surface area (Å²) in [5.74, 6) is -0.808. The van der Waals surface area contributed by atoms with Crippen LogP contribution in [0.15, 0.2) is 36.4 Å². The molecule has 3 N–H and O–H groups in total. The van der Waals surface area contributed by atoms with Crippen molar-refractivity contribution in [3.63, 3.8) is 0 Å². The van der Waals surface area contributed by atoms with Crippen LogP contribution in [-0.4, -0.2) is 17.1 Å². The molecule has 24 heavy (non-hydrogen) atoms. The van der Waals surface area contributed by atoms with Gasteiger partial charge in [0.25, 0.3) is 0 Å². The maximum atomic E-state index is 12.6. The zero-order valence-corrected chi connectivity index (χ0v) is 14.6. The molecule has 0 aromatic heterocycles. The van der Waals surface area contributed by atoms with Crippen molar-refractivity contribution in [2.24, 2.45) is 5.73 Å². The Hall–Kier alpha value is -2.13. The largest absolute Gasteiger partial charge is 0.480 e. The summed E-state index contributed by atoms with van der Waals surface area (Å²) in [5.41, 5.74) is 11.4. The van der Waals surface area contributed by atoms with E-state index in [0.717, 1.165) is 46.2 Å². The van der Waals surface area contributed by atoms with E-state index < -0.39 is 11.4 Å². The van der Waals surface area contributed by atoms with E-state index in [-0.39, 0.29) is 6.04 Å². The molecular formula is C21H25NO2. The summed E-state index contributed by atoms with van der Waals surface area (Å²) in [6, 6.07) is 12.1. The first-order chi connectivity index (χ1) is 11.3. The van der Waals surface area contributed by atoms with Crippen molar-refractivity contribution in [3.05, 3.63) is 69.8 Å². The van der Waals surface area contributed by atoms with Gasteiger partial charge in [-0.2, -0.15) is 0 Å². The summed E-state index contributed by atoms with van der Waals surface area (Å²) in [5, 5.41) is 10.3. The van der Waals surface area contributed by atoms with Gasteiger partial charge in [-0.05, 0) is 62.3 Å². The summed E-state index contributed by atoms with van der Waals surface area (Å²) < 4.78 is 0. The van der Waals surface area contributed by atoms with Gasteiger partial charge in [0.15, 0.2) is 0 Å². The minimum Gasteiger partial charge on any atom is -0.480 e. The number of aryl methyl sites for hydroxylation is 4. The molecule has 0 spiro atoms. The van der Waals surface area contributed by atoms with E-state index in [4.69, 9.17) is 5.73 Å². The molecule has 0 amide bonds. The third-order valence-corrected chi connectivity index (χ3v) is 5.10. The Morgan fingerprint density at radius 1 is 1.08 bits per heavy atom. The quantitative estimate of drug-likeness (QED) is 0.908. The zero-order chi connectivity index (χ0) is 17.5. The Labute approximate surface area is 143 Å². The van der Waals surface area contributed by atoms with Crippen LogP contribution in [0.2, 0.25) is 0 Å². The average Bonchev–Trinajstić information content (AvgIpc) is 2.62. The number of nitrogens with two attached hydrogens (primary N) is 1. The minimum absolute atomic E-state index is 0.206. The molecule has 0 aliphatic heterocycles. The van der Waals surface area contributed by atoms with E-state index in [1.807, 2.05) is 31.2 Å². The molecule has 1 aliphatic carbocycles. The molecule has 1 aliphatic rings. The Morgan fingerprint density at radius 3 is 1.92 bits per heavy atom. The fraction of sp³-hybridized carbons (Fsp3) is 0.381. The molecule has 1 atom stereocenters. The second-order valence-corrected chi connectivity index (χ2v) is 7.21. The first-order valence-electron chi connectivity index (χ1n) is 8.53. The first-order valence-corrected chi connectivity index (χ1v) is 8.53. The maximum Gasteiger partial charge on any atom is 0.318 e. The van der Waals surface area contributed by atoms with Gasteiger partial charge in [-0.25, -0.2) is 0 Å². The van der Waals surface area contributed by atoms with Crippen molar-refractivity contribution in [1.82, 2.24) is 0 Å². The van der Waals surface area contributed by atoms with E-state index >= 15 is 0 Å². The van der Waals surface area contributed by atoms with E-state index in [1.54, 1.807) is 0 Å². The summed E-state index contributed by atoms with van der Waals surface area (Å²) in [4.78, 5) is 12.6. The second-order valence-electron chi connectivity index (χ2n) is 7.21. The van der Waals surface area contributed by atoms with Crippen LogP contribution in [0.5, 0.6) is 0 Å². The number of rotatable bonds is 3. The van der Waals surface area contributed by atoms with Gasteiger partial charge in [-0.15, -0.1) is 0 Å². The van der Waals surface area contributed by atoms with Gasteiger partial charge in [-0.3, -0.25) is 4.79 Å². The summed E-state index contributed by atoms with van der Waals surface area (Å²) >= 11 is 0. The number of benzene rings is 2. The van der Waals surface area contributed by atoms with Crippen molar-refractivity contribution >= 4 is 5.97 Å². The van der Waals surface area contributed by atoms with Crippen LogP contribution in [0.25, 0.3) is 0 Å². The van der Waals surface area contributed by atoms with Crippen molar-refractivity contribution in [2.45, 2.75) is 51.5 Å². The number of hydrogen-bond donors (Lipinski definition) is 2. The molecule has 2 aromatic carbocycles. The van der Waals surface area contributed by atoms with Gasteiger partial charge in [0.1, 0.15) is 5.41 Å². The lowest BCUT2D eigenvalue weighted by molar-refractivity contribution is -0.142. The maximum absolute atomic E-state index is 12.6. The van der Waals surface area contributed by atoms with E-state index in [9.17, 15) is 9.90 Å². The predicted molar refractivity (Wildman–Crippen MR) is 96.4 cm³/mol. The second kappa shape index (κ2) is 6.06. The lowest BCUT2D eigenvalue weighted by Crippen LogP contribution is -2.42. The molecule has 0 bridgehead atoms. The van der Waals surface area contributed by atoms with E-state index in [1.165, 1.54) is 0 Å². The monoisotopic (exact) mass is 323 g/mol. The molecule has 3 rings (SSSR count). The Morgan fingerprint density at radius 2 is 1.54 bits per heavy atom. The fourth-order valence-corrected chi connectivity index (χ4v) is 4.13. The lowest BCUT2D eigenvalue weighted by Gasteiger charge is -2.34. The molecule has 0 saturated heterocycles. The molecule has 0 unspecified atom stereocenters. The SMILES string of the molecule is Cc1ccc2c(c1)CCc1cc(C)ccc1C2(C[C@H](C)N)C(=O)O. The number of aliphatic carboxylic acids is 1. The molecule has 0 saturated carbocycles. The third-order valence-electron chi connectivity index (χ3n) is 5.10. The van der Waals surface area contributed by atoms with Gasteiger partial charge in [0, 0.05) is 6.04 Å². The van der Waals surface area contributed by atoms with Crippen molar-refractivity contribution in [3.8, 4) is 0 Å². The van der Waals surface area contributed by atoms with Gasteiger partial charge < -0.3 is 10.8 Å². The van der Waals surface area contributed by atoms with Crippen molar-refractivity contribution in [2.75, 3.05) is 0 Å². The minimum atomic E-state index is -1.07. The highest BCUT2D eigenvalue weighted by Crippen LogP contribution is 2.43. The van der Waals surface area contributed by atoms with Gasteiger partial charge >= 0.3 is 5.97 Å². The van der Waals surface area contributed by atoms with E-state index in [2.05, 4.69) is 26.0 Å². The molecule has 0 fully saturated rings. The normalized spacial score (nSPS) is 16.7. The molecular weight excluding hydrogens is 298 g/mol. The fourth-order valence-electron chi connectivity index (χ4n) is 4.13. The van der Waals surface area contributed by atoms with Crippen LogP contribution < -0.4 is 5.73 Å². The summed E-state index contributed by atoms with van der Waals surface area (Å²) in [7, 11) is 0. The predicted octanol–water partition coefficient (Wildman–Crippen LogP) is 3.51. The van der Waals surface area contributed by atoms with Crippen molar-refractivity contribution in [1.29, 1.82) is 0 Å². The van der Waals surface area contributed by atoms with Gasteiger partial charge in [0.2, 0.25) is 0 Å². The molecule has 2 aromatic rings. The van der Waals surface area contributed by atoms with Crippen LogP contribution in [0.4, 0.5) is 0 Å². The van der Waals surface area contributed by atoms with Crippen LogP contribution >= 0.6 is 0 Å². The lowest BCUT2D eigenvalue weighted by atomic mass is 9.68. The Bertz CT molecular complexity index is 739. The Balaban J connectivity index is 2.37. The standard InChI is InChI=1S/C21H25NO2/c1-13-4-8-18-16(10-13)6-7-17-11-14(2)5-9-19(17)21(18,20(23)24)12-15(3)22/h4-5,8-11,15H,6-7,12,22H2,1-3H3,(H,23,24)/t15-/m0/s1. The topological polar surface area (TPSA) is 63.3 Å². The van der Waals surface area contributed by atoms with Crippen LogP contribution in [0, 0.1) is 13.8 Å². The van der Waals surface area contributed by atoms with Crippen molar-refractivity contribution < 1.29 is 9.90 Å². The van der Waals surface area contributed by atoms with Crippen LogP contribution in [0.1, 0.15) is 46.7 Å². The average molecular weight is 323 g/mol. The third kappa shape index (κ3) is 2.63. The molecule has 126 valence electrons. The van der Waals surface area contributed by atoms with E-state index in [0.29, 0.717) is 6.42 Å². The Kier molecular flexibility index (Phi) is 4.22. The number of carbonyl (C=O) groups is 1. The smallest absolute Gasteiger partial charge is 0.318 e. The number of hydrogen-bond acceptors (Lipinski definition) is 2. The molecule has 0 heterocycles. The highest BCUT2D eigenvalue weighted by atomic mass is 16.4. The number of carboxylic acid groups (broad SMARTS) is 1. The van der Waals surface area contributed by atoms with Crippen LogP contribution in [-0.2, 0) is 23.1 Å². The summed E-state index contributed by atoms with van der Waals surface area (Å²) in [6.07, 6.45) is 2.12. The van der Waals surface area contributed by atoms with Gasteiger partial charge in [0.05, 0.1) is 0 Å². The van der Waals surface area contributed by atoms with Gasteiger partial charge in [-0.1, -0.05) is 47.5 Å². The van der Waals surface area contributed by atoms with Crippen LogP contribution in [0.3, 0.4) is 0 Å². The molecule has 3 nitrogen and oxygen atoms in total. The number of fused-ring (bicyclic) bond motifs is 2. The summed E-state index contributed by atoms with van der Waals surface area (Å²) in [6.45, 7) is 5.99.